The molecular weight excluding hydrogens is 380 g/mol. The van der Waals surface area contributed by atoms with E-state index in [1.54, 1.807) is 18.5 Å². The number of nitrogens with two attached hydrogens (primary N) is 1. The second-order valence-electron chi connectivity index (χ2n) is 5.41. The maximum atomic E-state index is 5.98. The Kier molecular flexibility index (Phi) is 9.84. The lowest BCUT2D eigenvalue weighted by atomic mass is 10.1. The van der Waals surface area contributed by atoms with Gasteiger partial charge in [0, 0.05) is 31.9 Å². The normalized spacial score (nSPS) is 12.2. The van der Waals surface area contributed by atoms with Gasteiger partial charge in [-0.25, -0.2) is 14.3 Å². The largest absolute Gasteiger partial charge is 0.477 e. The van der Waals surface area contributed by atoms with Gasteiger partial charge in [-0.3, -0.25) is 4.18 Å². The van der Waals surface area contributed by atoms with Crippen molar-refractivity contribution >= 4 is 48.1 Å². The van der Waals surface area contributed by atoms with Crippen molar-refractivity contribution in [2.75, 3.05) is 20.2 Å². The van der Waals surface area contributed by atoms with Crippen LogP contribution in [0, 0.1) is 0 Å². The van der Waals surface area contributed by atoms with Gasteiger partial charge in [0.2, 0.25) is 5.88 Å². The Morgan fingerprint density at radius 1 is 1.32 bits per heavy atom. The summed E-state index contributed by atoms with van der Waals surface area (Å²) in [6, 6.07) is 1.79. The molecule has 2 heterocycles. The van der Waals surface area contributed by atoms with Gasteiger partial charge in [0.05, 0.1) is 30.3 Å². The van der Waals surface area contributed by atoms with Crippen LogP contribution in [0.1, 0.15) is 25.8 Å². The molecule has 0 amide bonds. The van der Waals surface area contributed by atoms with Crippen LogP contribution in [-0.4, -0.2) is 40.6 Å². The van der Waals surface area contributed by atoms with Crippen LogP contribution in [0.5, 0.6) is 5.88 Å². The maximum absolute atomic E-state index is 5.98. The molecule has 2 aromatic heterocycles. The van der Waals surface area contributed by atoms with Crippen molar-refractivity contribution < 1.29 is 8.92 Å². The fraction of sp³-hybridized carbons (Fsp3) is 0.500. The summed E-state index contributed by atoms with van der Waals surface area (Å²) in [6.45, 7) is 5.91. The van der Waals surface area contributed by atoms with Crippen LogP contribution in [0.4, 0.5) is 0 Å². The molecule has 1 atom stereocenters. The van der Waals surface area contributed by atoms with Crippen LogP contribution in [0.3, 0.4) is 0 Å². The Morgan fingerprint density at radius 3 is 2.76 bits per heavy atom. The van der Waals surface area contributed by atoms with Gasteiger partial charge < -0.3 is 10.5 Å². The number of rotatable bonds is 9. The summed E-state index contributed by atoms with van der Waals surface area (Å²) in [5.74, 6) is 0.539. The average molecular weight is 405 g/mol. The number of pyridine rings is 2. The van der Waals surface area contributed by atoms with E-state index < -0.39 is 0 Å². The molecule has 0 aliphatic rings. The standard InChI is InChI=1S/C16H23ClN4O2S.H2S/c1-4-21(3)24-23-11(2)5-6-22-16-14-10-19-15(17)7-13(14)12(8-18)9-20-16;/h7,9-11H,4-6,8,18H2,1-3H3;1H2. The zero-order chi connectivity index (χ0) is 17.5. The predicted molar refractivity (Wildman–Crippen MR) is 109 cm³/mol. The zero-order valence-electron chi connectivity index (χ0n) is 14.7. The molecular formula is C16H25ClN4O2S2. The van der Waals surface area contributed by atoms with Gasteiger partial charge in [0.15, 0.2) is 0 Å². The van der Waals surface area contributed by atoms with E-state index in [-0.39, 0.29) is 19.6 Å². The number of ether oxygens (including phenoxy) is 1. The summed E-state index contributed by atoms with van der Waals surface area (Å²) in [7, 11) is 1.99. The molecule has 2 rings (SSSR count). The number of fused-ring (bicyclic) bond motifs is 1. The molecule has 0 saturated carbocycles. The van der Waals surface area contributed by atoms with E-state index in [1.807, 2.05) is 18.3 Å². The highest BCUT2D eigenvalue weighted by molar-refractivity contribution is 7.92. The van der Waals surface area contributed by atoms with Crippen molar-refractivity contribution in [2.24, 2.45) is 5.73 Å². The van der Waals surface area contributed by atoms with Crippen LogP contribution in [-0.2, 0) is 10.7 Å². The zero-order valence-corrected chi connectivity index (χ0v) is 17.2. The van der Waals surface area contributed by atoms with Crippen molar-refractivity contribution in [3.63, 3.8) is 0 Å². The first-order valence-corrected chi connectivity index (χ1v) is 8.93. The van der Waals surface area contributed by atoms with Crippen LogP contribution < -0.4 is 10.5 Å². The lowest BCUT2D eigenvalue weighted by Crippen LogP contribution is -2.15. The Morgan fingerprint density at radius 2 is 2.08 bits per heavy atom. The van der Waals surface area contributed by atoms with Crippen molar-refractivity contribution in [2.45, 2.75) is 32.9 Å². The highest BCUT2D eigenvalue weighted by atomic mass is 35.5. The molecule has 2 N–H and O–H groups in total. The van der Waals surface area contributed by atoms with Crippen LogP contribution in [0.25, 0.3) is 10.8 Å². The van der Waals surface area contributed by atoms with Crippen LogP contribution >= 0.6 is 37.3 Å². The number of hydrogen-bond donors (Lipinski definition) is 1. The summed E-state index contributed by atoms with van der Waals surface area (Å²) >= 11 is 7.35. The molecule has 0 fully saturated rings. The first-order valence-electron chi connectivity index (χ1n) is 7.85. The Labute approximate surface area is 165 Å². The first-order chi connectivity index (χ1) is 11.5. The van der Waals surface area contributed by atoms with E-state index in [0.717, 1.165) is 29.3 Å². The highest BCUT2D eigenvalue weighted by Crippen LogP contribution is 2.27. The molecule has 0 aromatic carbocycles. The number of aromatic nitrogens is 2. The monoisotopic (exact) mass is 404 g/mol. The molecule has 0 radical (unpaired) electrons. The van der Waals surface area contributed by atoms with E-state index in [0.29, 0.717) is 24.2 Å². The maximum Gasteiger partial charge on any atom is 0.222 e. The topological polar surface area (TPSA) is 73.5 Å². The third-order valence-corrected chi connectivity index (χ3v) is 4.68. The van der Waals surface area contributed by atoms with Crippen molar-refractivity contribution in [3.8, 4) is 5.88 Å². The van der Waals surface area contributed by atoms with Gasteiger partial charge in [-0.2, -0.15) is 13.5 Å². The summed E-state index contributed by atoms with van der Waals surface area (Å²) in [5, 5.41) is 2.16. The van der Waals surface area contributed by atoms with E-state index in [9.17, 15) is 0 Å². The van der Waals surface area contributed by atoms with Gasteiger partial charge >= 0.3 is 0 Å². The van der Waals surface area contributed by atoms with Gasteiger partial charge in [-0.1, -0.05) is 18.5 Å². The second-order valence-corrected chi connectivity index (χ2v) is 6.76. The fourth-order valence-corrected chi connectivity index (χ4v) is 2.64. The van der Waals surface area contributed by atoms with E-state index in [1.165, 1.54) is 12.2 Å². The molecule has 140 valence electrons. The minimum atomic E-state index is 0. The van der Waals surface area contributed by atoms with Gasteiger partial charge in [-0.05, 0) is 31.0 Å². The molecule has 0 spiro atoms. The summed E-state index contributed by atoms with van der Waals surface area (Å²) in [5.41, 5.74) is 6.67. The Balaban J connectivity index is 0.00000312. The Bertz CT molecular complexity index is 678. The molecule has 0 saturated heterocycles. The molecule has 0 aliphatic heterocycles. The number of halogens is 1. The summed E-state index contributed by atoms with van der Waals surface area (Å²) < 4.78 is 13.5. The van der Waals surface area contributed by atoms with Crippen molar-refractivity contribution in [1.82, 2.24) is 14.3 Å². The summed E-state index contributed by atoms with van der Waals surface area (Å²) in [4.78, 5) is 8.47. The number of hydrogen-bond acceptors (Lipinski definition) is 7. The third kappa shape index (κ3) is 6.47. The quantitative estimate of drug-likeness (QED) is 0.389. The molecule has 0 aliphatic carbocycles. The molecule has 25 heavy (non-hydrogen) atoms. The van der Waals surface area contributed by atoms with E-state index >= 15 is 0 Å². The van der Waals surface area contributed by atoms with E-state index in [4.69, 9.17) is 26.3 Å². The van der Waals surface area contributed by atoms with Gasteiger partial charge in [0.25, 0.3) is 0 Å². The molecule has 1 unspecified atom stereocenters. The number of nitrogens with zero attached hydrogens (tertiary/aromatic N) is 3. The third-order valence-electron chi connectivity index (χ3n) is 3.55. The van der Waals surface area contributed by atoms with E-state index in [2.05, 4.69) is 16.9 Å². The summed E-state index contributed by atoms with van der Waals surface area (Å²) in [6.07, 6.45) is 4.23. The fourth-order valence-electron chi connectivity index (χ4n) is 1.99. The second kappa shape index (κ2) is 11.1. The highest BCUT2D eigenvalue weighted by Gasteiger charge is 2.11. The first kappa shape index (κ1) is 22.3. The lowest BCUT2D eigenvalue weighted by Gasteiger charge is -2.17. The van der Waals surface area contributed by atoms with Crippen LogP contribution in [0.2, 0.25) is 5.15 Å². The molecule has 6 nitrogen and oxygen atoms in total. The minimum absolute atomic E-state index is 0. The molecule has 9 heteroatoms. The predicted octanol–water partition coefficient (Wildman–Crippen LogP) is 3.54. The SMILES string of the molecule is CCN(C)SOC(C)CCOc1ncc(CN)c2cc(Cl)ncc12.S. The Hall–Kier alpha value is -0.770. The van der Waals surface area contributed by atoms with Gasteiger partial charge in [-0.15, -0.1) is 0 Å². The van der Waals surface area contributed by atoms with Crippen molar-refractivity contribution in [3.05, 3.63) is 29.2 Å². The molecule has 0 bridgehead atoms. The average Bonchev–Trinajstić information content (AvgIpc) is 2.59. The molecule has 2 aromatic rings. The minimum Gasteiger partial charge on any atom is -0.477 e. The van der Waals surface area contributed by atoms with Gasteiger partial charge in [0.1, 0.15) is 5.15 Å². The smallest absolute Gasteiger partial charge is 0.222 e. The lowest BCUT2D eigenvalue weighted by molar-refractivity contribution is 0.194. The van der Waals surface area contributed by atoms with Crippen LogP contribution in [0.15, 0.2) is 18.5 Å². The van der Waals surface area contributed by atoms with Crippen molar-refractivity contribution in [1.29, 1.82) is 0 Å².